The monoisotopic (exact) mass is 428 g/mol. The average Bonchev–Trinajstić information content (AvgIpc) is 3.36. The molecule has 0 spiro atoms. The lowest BCUT2D eigenvalue weighted by atomic mass is 10.1. The highest BCUT2D eigenvalue weighted by atomic mass is 16.6. The van der Waals surface area contributed by atoms with Crippen LogP contribution in [0.4, 0.5) is 0 Å². The molecule has 2 fully saturated rings. The molecule has 5 rings (SSSR count). The Balaban J connectivity index is 1.18. The highest BCUT2D eigenvalue weighted by Crippen LogP contribution is 2.32. The zero-order valence-electron chi connectivity index (χ0n) is 17.2. The van der Waals surface area contributed by atoms with E-state index in [1.807, 2.05) is 6.92 Å². The summed E-state index contributed by atoms with van der Waals surface area (Å²) in [5.74, 6) is 1.14. The van der Waals surface area contributed by atoms with E-state index in [4.69, 9.17) is 23.4 Å². The van der Waals surface area contributed by atoms with Gasteiger partial charge in [-0.3, -0.25) is 9.59 Å². The lowest BCUT2D eigenvalue weighted by Gasteiger charge is -2.21. The van der Waals surface area contributed by atoms with Gasteiger partial charge >= 0.3 is 0 Å². The Morgan fingerprint density at radius 1 is 1.00 bits per heavy atom. The fraction of sp³-hybridized carbons (Fsp3) is 0.455. The van der Waals surface area contributed by atoms with Crippen LogP contribution in [0.1, 0.15) is 26.5 Å². The number of ether oxygens (including phenoxy) is 4. The smallest absolute Gasteiger partial charge is 0.287 e. The normalized spacial score (nSPS) is 23.2. The number of amides is 2. The summed E-state index contributed by atoms with van der Waals surface area (Å²) < 4.78 is 28.3. The van der Waals surface area contributed by atoms with Gasteiger partial charge in [0.05, 0.1) is 25.5 Å². The molecule has 4 heterocycles. The molecule has 3 aliphatic rings. The van der Waals surface area contributed by atoms with Gasteiger partial charge in [0.25, 0.3) is 11.8 Å². The van der Waals surface area contributed by atoms with E-state index in [0.29, 0.717) is 62.3 Å². The van der Waals surface area contributed by atoms with Crippen LogP contribution in [0.25, 0.3) is 0 Å². The Hall–Kier alpha value is -3.04. The molecular weight excluding hydrogens is 404 g/mol. The minimum absolute atomic E-state index is 0.101. The van der Waals surface area contributed by atoms with E-state index in [1.165, 1.54) is 6.26 Å². The van der Waals surface area contributed by atoms with Crippen LogP contribution in [-0.2, 0) is 9.47 Å². The van der Waals surface area contributed by atoms with E-state index in [9.17, 15) is 9.59 Å². The van der Waals surface area contributed by atoms with Crippen molar-refractivity contribution >= 4 is 11.8 Å². The number of likely N-dealkylation sites (tertiary alicyclic amines) is 1. The molecule has 1 aromatic heterocycles. The Labute approximate surface area is 179 Å². The van der Waals surface area contributed by atoms with Crippen molar-refractivity contribution in [1.29, 1.82) is 0 Å². The molecule has 0 unspecified atom stereocenters. The number of furan rings is 1. The van der Waals surface area contributed by atoms with Crippen molar-refractivity contribution in [3.05, 3.63) is 47.4 Å². The van der Waals surface area contributed by atoms with Crippen LogP contribution in [-0.4, -0.2) is 74.5 Å². The van der Waals surface area contributed by atoms with Gasteiger partial charge in [0.15, 0.2) is 17.3 Å². The van der Waals surface area contributed by atoms with Crippen molar-refractivity contribution in [2.45, 2.75) is 25.2 Å². The van der Waals surface area contributed by atoms with Gasteiger partial charge in [-0.05, 0) is 31.2 Å². The molecule has 164 valence electrons. The van der Waals surface area contributed by atoms with Crippen molar-refractivity contribution in [2.24, 2.45) is 0 Å². The number of carbonyl (C=O) groups is 2. The van der Waals surface area contributed by atoms with Crippen LogP contribution in [0, 0.1) is 6.92 Å². The van der Waals surface area contributed by atoms with Crippen molar-refractivity contribution in [3.63, 3.8) is 0 Å². The summed E-state index contributed by atoms with van der Waals surface area (Å²) in [6.45, 7) is 4.25. The predicted molar refractivity (Wildman–Crippen MR) is 108 cm³/mol. The van der Waals surface area contributed by atoms with Crippen LogP contribution in [0.15, 0.2) is 34.9 Å². The molecule has 31 heavy (non-hydrogen) atoms. The second-order valence-electron chi connectivity index (χ2n) is 7.92. The van der Waals surface area contributed by atoms with E-state index in [-0.39, 0.29) is 30.1 Å². The van der Waals surface area contributed by atoms with Crippen LogP contribution >= 0.6 is 0 Å². The summed E-state index contributed by atoms with van der Waals surface area (Å²) in [7, 11) is 0. The first-order chi connectivity index (χ1) is 15.1. The zero-order chi connectivity index (χ0) is 21.4. The van der Waals surface area contributed by atoms with Crippen molar-refractivity contribution in [2.75, 3.05) is 39.5 Å². The van der Waals surface area contributed by atoms with E-state index < -0.39 is 0 Å². The molecule has 3 aliphatic heterocycles. The topological polar surface area (TPSA) is 99.5 Å². The number of hydrogen-bond acceptors (Lipinski definition) is 7. The van der Waals surface area contributed by atoms with Gasteiger partial charge < -0.3 is 33.6 Å². The highest BCUT2D eigenvalue weighted by molar-refractivity contribution is 5.95. The van der Waals surface area contributed by atoms with Gasteiger partial charge in [-0.15, -0.1) is 0 Å². The first-order valence-electron chi connectivity index (χ1n) is 10.4. The second-order valence-corrected chi connectivity index (χ2v) is 7.92. The average molecular weight is 428 g/mol. The molecule has 0 saturated carbocycles. The number of benzene rings is 1. The third-order valence-electron chi connectivity index (χ3n) is 5.72. The third-order valence-corrected chi connectivity index (χ3v) is 5.72. The largest absolute Gasteiger partial charge is 0.486 e. The standard InChI is InChI=1S/C22H24N2O7/c1-13-4-5-29-20(13)21(25)23-15-11-30-18-9-24(10-19(18)31-12-15)22(26)14-2-3-16-17(8-14)28-7-6-27-16/h2-5,8,15,18-19H,6-7,9-12H2,1H3,(H,23,25)/t18-,19-/m0/s1. The summed E-state index contributed by atoms with van der Waals surface area (Å²) in [4.78, 5) is 27.1. The van der Waals surface area contributed by atoms with E-state index in [0.717, 1.165) is 5.56 Å². The van der Waals surface area contributed by atoms with Crippen molar-refractivity contribution in [1.82, 2.24) is 10.2 Å². The molecule has 2 atom stereocenters. The molecule has 0 bridgehead atoms. The maximum atomic E-state index is 13.0. The summed E-state index contributed by atoms with van der Waals surface area (Å²) in [5, 5.41) is 2.89. The number of nitrogens with zero attached hydrogens (tertiary/aromatic N) is 1. The Morgan fingerprint density at radius 3 is 2.39 bits per heavy atom. The summed E-state index contributed by atoms with van der Waals surface area (Å²) in [6, 6.07) is 6.68. The number of carbonyl (C=O) groups excluding carboxylic acids is 2. The number of fused-ring (bicyclic) bond motifs is 2. The van der Waals surface area contributed by atoms with Gasteiger partial charge in [-0.1, -0.05) is 0 Å². The molecule has 2 aromatic rings. The number of hydrogen-bond donors (Lipinski definition) is 1. The quantitative estimate of drug-likeness (QED) is 0.789. The first-order valence-corrected chi connectivity index (χ1v) is 10.4. The van der Waals surface area contributed by atoms with Crippen molar-refractivity contribution < 1.29 is 33.0 Å². The van der Waals surface area contributed by atoms with Crippen LogP contribution in [0.5, 0.6) is 11.5 Å². The van der Waals surface area contributed by atoms with Gasteiger partial charge in [0.1, 0.15) is 25.4 Å². The molecular formula is C22H24N2O7. The molecule has 1 N–H and O–H groups in total. The molecule has 1 aromatic carbocycles. The molecule has 2 saturated heterocycles. The van der Waals surface area contributed by atoms with E-state index in [1.54, 1.807) is 29.2 Å². The molecule has 9 nitrogen and oxygen atoms in total. The molecule has 2 amide bonds. The first kappa shape index (κ1) is 19.9. The Bertz CT molecular complexity index is 972. The summed E-state index contributed by atoms with van der Waals surface area (Å²) in [5.41, 5.74) is 1.32. The fourth-order valence-electron chi connectivity index (χ4n) is 4.06. The third kappa shape index (κ3) is 3.98. The summed E-state index contributed by atoms with van der Waals surface area (Å²) in [6.07, 6.45) is 1.00. The Morgan fingerprint density at radius 2 is 1.71 bits per heavy atom. The van der Waals surface area contributed by atoms with Gasteiger partial charge in [0.2, 0.25) is 0 Å². The molecule has 0 radical (unpaired) electrons. The minimum Gasteiger partial charge on any atom is -0.486 e. The lowest BCUT2D eigenvalue weighted by molar-refractivity contribution is -0.00461. The van der Waals surface area contributed by atoms with Crippen LogP contribution in [0.3, 0.4) is 0 Å². The van der Waals surface area contributed by atoms with Gasteiger partial charge in [-0.25, -0.2) is 0 Å². The van der Waals surface area contributed by atoms with Crippen molar-refractivity contribution in [3.8, 4) is 11.5 Å². The van der Waals surface area contributed by atoms with Crippen LogP contribution in [0.2, 0.25) is 0 Å². The Kier molecular flexibility index (Phi) is 5.29. The SMILES string of the molecule is Cc1ccoc1C(=O)NC1CO[C@H]2CN(C(=O)c3ccc4c(c3)OCCO4)C[C@@H]2OC1. The maximum Gasteiger partial charge on any atom is 0.287 e. The molecule has 0 aliphatic carbocycles. The predicted octanol–water partition coefficient (Wildman–Crippen LogP) is 1.40. The number of aryl methyl sites for hydroxylation is 1. The number of rotatable bonds is 3. The van der Waals surface area contributed by atoms with Gasteiger partial charge in [-0.2, -0.15) is 0 Å². The lowest BCUT2D eigenvalue weighted by Crippen LogP contribution is -2.41. The fourth-order valence-corrected chi connectivity index (χ4v) is 4.06. The number of nitrogens with one attached hydrogen (secondary N) is 1. The maximum absolute atomic E-state index is 13.0. The molecule has 9 heteroatoms. The van der Waals surface area contributed by atoms with Crippen LogP contribution < -0.4 is 14.8 Å². The van der Waals surface area contributed by atoms with E-state index >= 15 is 0 Å². The van der Waals surface area contributed by atoms with Gasteiger partial charge in [0, 0.05) is 24.2 Å². The second kappa shape index (κ2) is 8.24. The highest BCUT2D eigenvalue weighted by Gasteiger charge is 2.40. The van der Waals surface area contributed by atoms with E-state index in [2.05, 4.69) is 5.32 Å². The minimum atomic E-state index is -0.290. The zero-order valence-corrected chi connectivity index (χ0v) is 17.2. The summed E-state index contributed by atoms with van der Waals surface area (Å²) >= 11 is 0.